The molecule has 1 aromatic carbocycles. The Morgan fingerprint density at radius 2 is 2.18 bits per heavy atom. The van der Waals surface area contributed by atoms with Crippen LogP contribution in [0.2, 0.25) is 10.0 Å². The van der Waals surface area contributed by atoms with Gasteiger partial charge in [-0.3, -0.25) is 4.79 Å². The van der Waals surface area contributed by atoms with Crippen molar-refractivity contribution in [1.29, 1.82) is 0 Å². The van der Waals surface area contributed by atoms with Crippen LogP contribution in [-0.4, -0.2) is 26.2 Å². The molecule has 0 amide bonds. The fourth-order valence-electron chi connectivity index (χ4n) is 1.51. The van der Waals surface area contributed by atoms with Crippen LogP contribution >= 0.6 is 23.2 Å². The Labute approximate surface area is 111 Å². The van der Waals surface area contributed by atoms with Gasteiger partial charge in [-0.05, 0) is 31.2 Å². The maximum absolute atomic E-state index is 11.2. The molecular formula is C12H15Cl2NO2. The summed E-state index contributed by atoms with van der Waals surface area (Å²) in [4.78, 5) is 11.2. The molecule has 0 bridgehead atoms. The Kier molecular flexibility index (Phi) is 5.75. The van der Waals surface area contributed by atoms with Gasteiger partial charge < -0.3 is 10.1 Å². The van der Waals surface area contributed by atoms with Crippen LogP contribution in [0.1, 0.15) is 12.0 Å². The number of esters is 1. The lowest BCUT2D eigenvalue weighted by molar-refractivity contribution is -0.141. The summed E-state index contributed by atoms with van der Waals surface area (Å²) in [5, 5.41) is 4.28. The number of carbonyl (C=O) groups is 1. The number of hydrogen-bond acceptors (Lipinski definition) is 3. The number of rotatable bonds is 5. The smallest absolute Gasteiger partial charge is 0.307 e. The van der Waals surface area contributed by atoms with Crippen molar-refractivity contribution in [2.45, 2.75) is 18.9 Å². The van der Waals surface area contributed by atoms with Crippen molar-refractivity contribution in [3.05, 3.63) is 33.8 Å². The van der Waals surface area contributed by atoms with Gasteiger partial charge in [0.2, 0.25) is 0 Å². The van der Waals surface area contributed by atoms with E-state index in [4.69, 9.17) is 23.2 Å². The number of carbonyl (C=O) groups excluding carboxylic acids is 1. The first-order chi connectivity index (χ1) is 8.06. The molecule has 0 saturated carbocycles. The van der Waals surface area contributed by atoms with Crippen molar-refractivity contribution in [3.8, 4) is 0 Å². The largest absolute Gasteiger partial charge is 0.469 e. The molecule has 0 fully saturated rings. The lowest BCUT2D eigenvalue weighted by Gasteiger charge is -2.15. The summed E-state index contributed by atoms with van der Waals surface area (Å²) in [6.45, 7) is 0. The maximum Gasteiger partial charge on any atom is 0.307 e. The zero-order valence-corrected chi connectivity index (χ0v) is 11.3. The first-order valence-corrected chi connectivity index (χ1v) is 6.00. The minimum Gasteiger partial charge on any atom is -0.469 e. The third-order valence-electron chi connectivity index (χ3n) is 2.53. The molecular weight excluding hydrogens is 261 g/mol. The average Bonchev–Trinajstić information content (AvgIpc) is 2.31. The summed E-state index contributed by atoms with van der Waals surface area (Å²) < 4.78 is 4.64. The Balaban J connectivity index is 2.70. The molecule has 0 aliphatic rings. The zero-order valence-electron chi connectivity index (χ0n) is 9.80. The number of ether oxygens (including phenoxy) is 1. The average molecular weight is 276 g/mol. The number of methoxy groups -OCH3 is 1. The van der Waals surface area contributed by atoms with Gasteiger partial charge in [0, 0.05) is 16.1 Å². The monoisotopic (exact) mass is 275 g/mol. The molecule has 1 aromatic rings. The van der Waals surface area contributed by atoms with E-state index in [9.17, 15) is 4.79 Å². The fourth-order valence-corrected chi connectivity index (χ4v) is 2.00. The van der Waals surface area contributed by atoms with E-state index in [-0.39, 0.29) is 12.0 Å². The second-order valence-electron chi connectivity index (χ2n) is 3.71. The molecule has 1 rings (SSSR count). The maximum atomic E-state index is 11.2. The highest BCUT2D eigenvalue weighted by molar-refractivity contribution is 6.35. The van der Waals surface area contributed by atoms with Gasteiger partial charge in [-0.2, -0.15) is 0 Å². The molecule has 1 N–H and O–H groups in total. The summed E-state index contributed by atoms with van der Waals surface area (Å²) in [7, 11) is 3.18. The molecule has 94 valence electrons. The minimum absolute atomic E-state index is 0.00104. The molecule has 0 heterocycles. The third kappa shape index (κ3) is 4.54. The van der Waals surface area contributed by atoms with Gasteiger partial charge >= 0.3 is 5.97 Å². The summed E-state index contributed by atoms with van der Waals surface area (Å²) in [5.41, 5.74) is 0.958. The second kappa shape index (κ2) is 6.84. The number of likely N-dealkylation sites (N-methyl/N-ethyl adjacent to an activating group) is 1. The molecule has 1 atom stereocenters. The highest BCUT2D eigenvalue weighted by Gasteiger charge is 2.14. The topological polar surface area (TPSA) is 38.3 Å². The van der Waals surface area contributed by atoms with Gasteiger partial charge in [-0.1, -0.05) is 29.3 Å². The molecule has 3 nitrogen and oxygen atoms in total. The molecule has 5 heteroatoms. The summed E-state index contributed by atoms with van der Waals surface area (Å²) in [6, 6.07) is 5.35. The van der Waals surface area contributed by atoms with Crippen molar-refractivity contribution in [1.82, 2.24) is 5.32 Å². The number of benzene rings is 1. The highest BCUT2D eigenvalue weighted by Crippen LogP contribution is 2.22. The predicted octanol–water partition coefficient (Wildman–Crippen LogP) is 2.69. The van der Waals surface area contributed by atoms with Crippen molar-refractivity contribution < 1.29 is 9.53 Å². The quantitative estimate of drug-likeness (QED) is 0.840. The molecule has 0 aliphatic carbocycles. The van der Waals surface area contributed by atoms with Crippen molar-refractivity contribution >= 4 is 29.2 Å². The summed E-state index contributed by atoms with van der Waals surface area (Å²) in [5.74, 6) is -0.241. The van der Waals surface area contributed by atoms with Gasteiger partial charge in [0.1, 0.15) is 0 Å². The van der Waals surface area contributed by atoms with Gasteiger partial charge in [0.25, 0.3) is 0 Å². The molecule has 0 saturated heterocycles. The van der Waals surface area contributed by atoms with E-state index in [1.54, 1.807) is 19.2 Å². The standard InChI is InChI=1S/C12H15Cl2NO2/c1-15-10(7-12(16)17-2)5-8-3-4-9(13)6-11(8)14/h3-4,6,10,15H,5,7H2,1-2H3. The van der Waals surface area contributed by atoms with Crippen LogP contribution in [-0.2, 0) is 16.0 Å². The van der Waals surface area contributed by atoms with Gasteiger partial charge in [0.05, 0.1) is 13.5 Å². The number of hydrogen-bond donors (Lipinski definition) is 1. The van der Waals surface area contributed by atoms with E-state index < -0.39 is 0 Å². The van der Waals surface area contributed by atoms with Gasteiger partial charge in [-0.25, -0.2) is 0 Å². The summed E-state index contributed by atoms with van der Waals surface area (Å²) >= 11 is 11.9. The normalized spacial score (nSPS) is 12.2. The third-order valence-corrected chi connectivity index (χ3v) is 3.12. The molecule has 17 heavy (non-hydrogen) atoms. The molecule has 1 unspecified atom stereocenters. The SMILES string of the molecule is CNC(CC(=O)OC)Cc1ccc(Cl)cc1Cl. The fraction of sp³-hybridized carbons (Fsp3) is 0.417. The van der Waals surface area contributed by atoms with Crippen LogP contribution in [0.15, 0.2) is 18.2 Å². The zero-order chi connectivity index (χ0) is 12.8. The van der Waals surface area contributed by atoms with E-state index in [2.05, 4.69) is 10.1 Å². The Bertz CT molecular complexity index is 396. The van der Waals surface area contributed by atoms with Crippen molar-refractivity contribution in [2.24, 2.45) is 0 Å². The Hall–Kier alpha value is -0.770. The molecule has 0 aromatic heterocycles. The van der Waals surface area contributed by atoms with E-state index >= 15 is 0 Å². The van der Waals surface area contributed by atoms with E-state index in [0.29, 0.717) is 22.9 Å². The van der Waals surface area contributed by atoms with Crippen LogP contribution in [0.4, 0.5) is 0 Å². The number of halogens is 2. The molecule has 0 spiro atoms. The Morgan fingerprint density at radius 3 is 2.71 bits per heavy atom. The van der Waals surface area contributed by atoms with Crippen LogP contribution < -0.4 is 5.32 Å². The Morgan fingerprint density at radius 1 is 1.47 bits per heavy atom. The van der Waals surface area contributed by atoms with E-state index in [1.807, 2.05) is 6.07 Å². The number of nitrogens with one attached hydrogen (secondary N) is 1. The lowest BCUT2D eigenvalue weighted by Crippen LogP contribution is -2.30. The van der Waals surface area contributed by atoms with Gasteiger partial charge in [-0.15, -0.1) is 0 Å². The van der Waals surface area contributed by atoms with Crippen molar-refractivity contribution in [2.75, 3.05) is 14.2 Å². The van der Waals surface area contributed by atoms with Crippen LogP contribution in [0.3, 0.4) is 0 Å². The van der Waals surface area contributed by atoms with Crippen LogP contribution in [0.5, 0.6) is 0 Å². The lowest BCUT2D eigenvalue weighted by atomic mass is 10.0. The summed E-state index contributed by atoms with van der Waals surface area (Å²) in [6.07, 6.45) is 0.966. The molecule has 0 radical (unpaired) electrons. The molecule has 0 aliphatic heterocycles. The van der Waals surface area contributed by atoms with Crippen LogP contribution in [0.25, 0.3) is 0 Å². The first-order valence-electron chi connectivity index (χ1n) is 5.24. The first kappa shape index (κ1) is 14.3. The van der Waals surface area contributed by atoms with E-state index in [0.717, 1.165) is 5.56 Å². The van der Waals surface area contributed by atoms with Gasteiger partial charge in [0.15, 0.2) is 0 Å². The van der Waals surface area contributed by atoms with Crippen LogP contribution in [0, 0.1) is 0 Å². The van der Waals surface area contributed by atoms with Crippen molar-refractivity contribution in [3.63, 3.8) is 0 Å². The van der Waals surface area contributed by atoms with E-state index in [1.165, 1.54) is 7.11 Å². The second-order valence-corrected chi connectivity index (χ2v) is 4.55. The highest BCUT2D eigenvalue weighted by atomic mass is 35.5. The predicted molar refractivity (Wildman–Crippen MR) is 69.6 cm³/mol. The minimum atomic E-state index is -0.241.